The largest absolute Gasteiger partial charge is 0.478 e. The zero-order valence-electron chi connectivity index (χ0n) is 13.2. The summed E-state index contributed by atoms with van der Waals surface area (Å²) in [6.45, 7) is 0. The van der Waals surface area contributed by atoms with Crippen molar-refractivity contribution in [2.45, 2.75) is 18.8 Å². The Bertz CT molecular complexity index is 751. The van der Waals surface area contributed by atoms with E-state index in [9.17, 15) is 19.6 Å². The van der Waals surface area contributed by atoms with Gasteiger partial charge in [-0.05, 0) is 41.8 Å². The van der Waals surface area contributed by atoms with Crippen LogP contribution in [0.3, 0.4) is 0 Å². The molecule has 0 spiro atoms. The Hall–Kier alpha value is -2.16. The maximum absolute atomic E-state index is 12.1. The highest BCUT2D eigenvalue weighted by Gasteiger charge is 2.25. The van der Waals surface area contributed by atoms with Gasteiger partial charge in [0.15, 0.2) is 0 Å². The summed E-state index contributed by atoms with van der Waals surface area (Å²) in [5.74, 6) is -2.36. The Morgan fingerprint density at radius 2 is 1.76 bits per heavy atom. The average molecular weight is 406 g/mol. The second-order valence-corrected chi connectivity index (χ2v) is 6.52. The molecule has 0 unspecified atom stereocenters. The Kier molecular flexibility index (Phi) is 6.75. The summed E-state index contributed by atoms with van der Waals surface area (Å²) in [4.78, 5) is 23.1. The van der Waals surface area contributed by atoms with Gasteiger partial charge in [-0.2, -0.15) is 0 Å². The fourth-order valence-corrected chi connectivity index (χ4v) is 2.63. The SMILES string of the molecule is O=C(Cc1ccc(Br)cc1)N[C@@H](Cc1cccc(C(=O)O)c1)B(O)O. The molecule has 25 heavy (non-hydrogen) atoms. The van der Waals surface area contributed by atoms with Crippen molar-refractivity contribution < 1.29 is 24.7 Å². The summed E-state index contributed by atoms with van der Waals surface area (Å²) in [5.41, 5.74) is 1.48. The van der Waals surface area contributed by atoms with Crippen molar-refractivity contribution in [3.8, 4) is 0 Å². The third kappa shape index (κ3) is 6.01. The number of halogens is 1. The number of amides is 1. The van der Waals surface area contributed by atoms with Crippen molar-refractivity contribution in [2.75, 3.05) is 0 Å². The Morgan fingerprint density at radius 3 is 2.36 bits per heavy atom. The lowest BCUT2D eigenvalue weighted by atomic mass is 9.75. The molecular formula is C17H17BBrNO5. The van der Waals surface area contributed by atoms with E-state index in [1.165, 1.54) is 12.1 Å². The molecule has 0 aliphatic rings. The number of hydrogen-bond acceptors (Lipinski definition) is 4. The van der Waals surface area contributed by atoms with E-state index >= 15 is 0 Å². The highest BCUT2D eigenvalue weighted by atomic mass is 79.9. The van der Waals surface area contributed by atoms with E-state index in [0.29, 0.717) is 5.56 Å². The van der Waals surface area contributed by atoms with Gasteiger partial charge in [0.05, 0.1) is 17.9 Å². The Labute approximate surface area is 153 Å². The van der Waals surface area contributed by atoms with Gasteiger partial charge in [-0.25, -0.2) is 4.79 Å². The molecule has 2 rings (SSSR count). The van der Waals surface area contributed by atoms with Gasteiger partial charge in [0.2, 0.25) is 5.91 Å². The lowest BCUT2D eigenvalue weighted by Gasteiger charge is -2.18. The first-order valence-corrected chi connectivity index (χ1v) is 8.36. The number of carbonyl (C=O) groups excluding carboxylic acids is 1. The van der Waals surface area contributed by atoms with Crippen LogP contribution in [0.15, 0.2) is 53.0 Å². The molecule has 0 radical (unpaired) electrons. The first-order chi connectivity index (χ1) is 11.8. The summed E-state index contributed by atoms with van der Waals surface area (Å²) < 4.78 is 0.902. The van der Waals surface area contributed by atoms with Gasteiger partial charge in [-0.15, -0.1) is 0 Å². The van der Waals surface area contributed by atoms with Crippen molar-refractivity contribution in [1.82, 2.24) is 5.32 Å². The van der Waals surface area contributed by atoms with E-state index < -0.39 is 19.0 Å². The molecule has 2 aromatic carbocycles. The van der Waals surface area contributed by atoms with E-state index in [-0.39, 0.29) is 24.3 Å². The summed E-state index contributed by atoms with van der Waals surface area (Å²) in [7, 11) is -1.76. The van der Waals surface area contributed by atoms with Crippen LogP contribution < -0.4 is 5.32 Å². The number of aromatic carboxylic acids is 1. The van der Waals surface area contributed by atoms with Crippen molar-refractivity contribution in [1.29, 1.82) is 0 Å². The lowest BCUT2D eigenvalue weighted by Crippen LogP contribution is -2.48. The molecule has 6 nitrogen and oxygen atoms in total. The lowest BCUT2D eigenvalue weighted by molar-refractivity contribution is -0.120. The maximum atomic E-state index is 12.1. The summed E-state index contributed by atoms with van der Waals surface area (Å²) in [6.07, 6.45) is 0.205. The number of hydrogen-bond donors (Lipinski definition) is 4. The quantitative estimate of drug-likeness (QED) is 0.521. The van der Waals surface area contributed by atoms with Gasteiger partial charge in [0.25, 0.3) is 0 Å². The van der Waals surface area contributed by atoms with E-state index in [1.807, 2.05) is 12.1 Å². The molecule has 130 valence electrons. The monoisotopic (exact) mass is 405 g/mol. The van der Waals surface area contributed by atoms with Crippen LogP contribution in [0.1, 0.15) is 21.5 Å². The fourth-order valence-electron chi connectivity index (χ4n) is 2.36. The van der Waals surface area contributed by atoms with E-state index in [1.54, 1.807) is 24.3 Å². The van der Waals surface area contributed by atoms with Crippen LogP contribution >= 0.6 is 15.9 Å². The first kappa shape index (κ1) is 19.2. The van der Waals surface area contributed by atoms with Gasteiger partial charge >= 0.3 is 13.1 Å². The molecule has 0 saturated carbocycles. The van der Waals surface area contributed by atoms with E-state index in [0.717, 1.165) is 10.0 Å². The van der Waals surface area contributed by atoms with Gasteiger partial charge in [-0.3, -0.25) is 4.79 Å². The van der Waals surface area contributed by atoms with Crippen LogP contribution in [0.2, 0.25) is 0 Å². The molecule has 0 bridgehead atoms. The zero-order chi connectivity index (χ0) is 18.4. The summed E-state index contributed by atoms with van der Waals surface area (Å²) in [5, 5.41) is 30.6. The first-order valence-electron chi connectivity index (χ1n) is 7.57. The highest BCUT2D eigenvalue weighted by Crippen LogP contribution is 2.12. The molecule has 0 saturated heterocycles. The van der Waals surface area contributed by atoms with Crippen LogP contribution in [0.25, 0.3) is 0 Å². The minimum atomic E-state index is -1.76. The van der Waals surface area contributed by atoms with Crippen molar-refractivity contribution in [3.63, 3.8) is 0 Å². The average Bonchev–Trinajstić information content (AvgIpc) is 2.56. The highest BCUT2D eigenvalue weighted by molar-refractivity contribution is 9.10. The second-order valence-electron chi connectivity index (χ2n) is 5.60. The van der Waals surface area contributed by atoms with Gasteiger partial charge < -0.3 is 20.5 Å². The van der Waals surface area contributed by atoms with Crippen LogP contribution in [-0.4, -0.2) is 40.1 Å². The number of nitrogens with one attached hydrogen (secondary N) is 1. The predicted molar refractivity (Wildman–Crippen MR) is 97.1 cm³/mol. The molecule has 1 atom stereocenters. The van der Waals surface area contributed by atoms with Crippen molar-refractivity contribution >= 4 is 34.9 Å². The molecular weight excluding hydrogens is 389 g/mol. The van der Waals surface area contributed by atoms with Gasteiger partial charge in [0.1, 0.15) is 0 Å². The molecule has 0 aliphatic heterocycles. The summed E-state index contributed by atoms with van der Waals surface area (Å²) in [6, 6.07) is 13.4. The van der Waals surface area contributed by atoms with Crippen molar-refractivity contribution in [2.24, 2.45) is 0 Å². The zero-order valence-corrected chi connectivity index (χ0v) is 14.8. The molecule has 0 aliphatic carbocycles. The van der Waals surface area contributed by atoms with Gasteiger partial charge in [-0.1, -0.05) is 40.2 Å². The molecule has 4 N–H and O–H groups in total. The molecule has 0 aromatic heterocycles. The third-order valence-corrected chi connectivity index (χ3v) is 4.14. The number of carboxylic acids is 1. The molecule has 0 fully saturated rings. The van der Waals surface area contributed by atoms with Gasteiger partial charge in [0, 0.05) is 4.47 Å². The van der Waals surface area contributed by atoms with E-state index in [4.69, 9.17) is 5.11 Å². The Morgan fingerprint density at radius 1 is 1.08 bits per heavy atom. The minimum Gasteiger partial charge on any atom is -0.478 e. The smallest absolute Gasteiger partial charge is 0.475 e. The van der Waals surface area contributed by atoms with Crippen LogP contribution in [0.5, 0.6) is 0 Å². The maximum Gasteiger partial charge on any atom is 0.475 e. The van der Waals surface area contributed by atoms with E-state index in [2.05, 4.69) is 21.2 Å². The van der Waals surface area contributed by atoms with Crippen LogP contribution in [0.4, 0.5) is 0 Å². The topological polar surface area (TPSA) is 107 Å². The van der Waals surface area contributed by atoms with Crippen LogP contribution in [-0.2, 0) is 17.6 Å². The standard InChI is InChI=1S/C17H17BBrNO5/c19-14-6-4-11(5-7-14)10-16(21)20-15(18(24)25)9-12-2-1-3-13(8-12)17(22)23/h1-8,15,24-25H,9-10H2,(H,20,21)(H,22,23)/t15-/m0/s1. The Balaban J connectivity index is 2.02. The normalized spacial score (nSPS) is 11.6. The number of carbonyl (C=O) groups is 2. The number of benzene rings is 2. The van der Waals surface area contributed by atoms with Crippen molar-refractivity contribution in [3.05, 3.63) is 69.7 Å². The third-order valence-electron chi connectivity index (χ3n) is 3.61. The fraction of sp³-hybridized carbons (Fsp3) is 0.176. The molecule has 2 aromatic rings. The predicted octanol–water partition coefficient (Wildman–Crippen LogP) is 1.43. The summed E-state index contributed by atoms with van der Waals surface area (Å²) >= 11 is 3.32. The number of rotatable bonds is 7. The molecule has 8 heteroatoms. The second kappa shape index (κ2) is 8.80. The molecule has 0 heterocycles. The number of carboxylic acid groups (broad SMARTS) is 1. The molecule has 1 amide bonds. The van der Waals surface area contributed by atoms with Crippen LogP contribution in [0, 0.1) is 0 Å². The minimum absolute atomic E-state index is 0.102.